The van der Waals surface area contributed by atoms with E-state index in [-0.39, 0.29) is 22.8 Å². The summed E-state index contributed by atoms with van der Waals surface area (Å²) < 4.78 is 13.4. The van der Waals surface area contributed by atoms with Gasteiger partial charge in [-0.2, -0.15) is 0 Å². The lowest BCUT2D eigenvalue weighted by Crippen LogP contribution is -2.49. The van der Waals surface area contributed by atoms with Gasteiger partial charge in [-0.05, 0) is 67.0 Å². The minimum Gasteiger partial charge on any atom is -0.362 e. The van der Waals surface area contributed by atoms with E-state index in [0.717, 1.165) is 11.1 Å². The number of hydrogen-bond acceptors (Lipinski definition) is 3. The van der Waals surface area contributed by atoms with E-state index in [2.05, 4.69) is 10.6 Å². The first kappa shape index (κ1) is 24.4. The van der Waals surface area contributed by atoms with Gasteiger partial charge in [-0.1, -0.05) is 47.5 Å². The van der Waals surface area contributed by atoms with E-state index >= 15 is 0 Å². The molecule has 2 aromatic carbocycles. The van der Waals surface area contributed by atoms with Crippen molar-refractivity contribution >= 4 is 57.8 Å². The molecule has 0 saturated carbocycles. The fourth-order valence-corrected chi connectivity index (χ4v) is 4.63. The Kier molecular flexibility index (Phi) is 7.66. The van der Waals surface area contributed by atoms with Crippen LogP contribution in [0.1, 0.15) is 17.5 Å². The summed E-state index contributed by atoms with van der Waals surface area (Å²) in [7, 11) is 1.70. The smallest absolute Gasteiger partial charge is 0.272 e. The first-order valence-corrected chi connectivity index (χ1v) is 12.0. The second-order valence-electron chi connectivity index (χ2n) is 8.02. The van der Waals surface area contributed by atoms with Gasteiger partial charge in [0, 0.05) is 35.1 Å². The second-order valence-corrected chi connectivity index (χ2v) is 9.30. The molecule has 0 fully saturated rings. The number of rotatable bonds is 5. The SMILES string of the molecule is CN1C(=O)C(NC(=S)NCCc2cccc(F)c2)N=C(C2CC=CC=C2Cl)c2cc(Cl)ccc21. The van der Waals surface area contributed by atoms with Crippen molar-refractivity contribution in [1.29, 1.82) is 0 Å². The number of carbonyl (C=O) groups excluding carboxylic acids is 1. The molecule has 0 radical (unpaired) electrons. The molecule has 0 saturated heterocycles. The summed E-state index contributed by atoms with van der Waals surface area (Å²) in [5.41, 5.74) is 2.96. The van der Waals surface area contributed by atoms with Crippen LogP contribution in [0.4, 0.5) is 10.1 Å². The minimum atomic E-state index is -0.948. The van der Waals surface area contributed by atoms with Crippen molar-refractivity contribution in [3.05, 3.63) is 87.7 Å². The second kappa shape index (κ2) is 10.7. The van der Waals surface area contributed by atoms with Crippen molar-refractivity contribution in [2.45, 2.75) is 19.0 Å². The predicted octanol–water partition coefficient (Wildman–Crippen LogP) is 4.98. The third kappa shape index (κ3) is 5.49. The van der Waals surface area contributed by atoms with Crippen LogP contribution in [-0.4, -0.2) is 36.5 Å². The molecular weight excluding hydrogens is 494 g/mol. The zero-order valence-electron chi connectivity index (χ0n) is 18.4. The molecule has 34 heavy (non-hydrogen) atoms. The number of benzodiazepines with no additional fused rings is 1. The highest BCUT2D eigenvalue weighted by molar-refractivity contribution is 7.80. The highest BCUT2D eigenvalue weighted by atomic mass is 35.5. The van der Waals surface area contributed by atoms with Crippen LogP contribution in [0, 0.1) is 11.7 Å². The largest absolute Gasteiger partial charge is 0.362 e. The molecule has 0 spiro atoms. The maximum absolute atomic E-state index is 13.4. The zero-order chi connectivity index (χ0) is 24.2. The Labute approximate surface area is 213 Å². The van der Waals surface area contributed by atoms with Crippen LogP contribution in [0.15, 0.2) is 70.7 Å². The summed E-state index contributed by atoms with van der Waals surface area (Å²) in [6.07, 6.45) is 6.03. The Morgan fingerprint density at radius 3 is 2.85 bits per heavy atom. The van der Waals surface area contributed by atoms with Gasteiger partial charge < -0.3 is 15.5 Å². The highest BCUT2D eigenvalue weighted by Gasteiger charge is 2.33. The molecule has 2 aromatic rings. The van der Waals surface area contributed by atoms with Crippen LogP contribution in [0.2, 0.25) is 5.02 Å². The van der Waals surface area contributed by atoms with E-state index in [0.29, 0.717) is 40.8 Å². The van der Waals surface area contributed by atoms with Gasteiger partial charge in [-0.15, -0.1) is 0 Å². The number of thiocarbonyl (C=S) groups is 1. The van der Waals surface area contributed by atoms with E-state index in [1.807, 2.05) is 24.3 Å². The molecule has 1 aliphatic heterocycles. The number of anilines is 1. The Bertz CT molecular complexity index is 1210. The molecule has 2 N–H and O–H groups in total. The Balaban J connectivity index is 1.56. The number of amides is 1. The number of aliphatic imine (C=N–C) groups is 1. The number of halogens is 3. The van der Waals surface area contributed by atoms with E-state index < -0.39 is 6.17 Å². The average molecular weight is 517 g/mol. The minimum absolute atomic E-state index is 0.206. The van der Waals surface area contributed by atoms with Crippen LogP contribution in [0.3, 0.4) is 0 Å². The monoisotopic (exact) mass is 516 g/mol. The molecule has 0 bridgehead atoms. The molecule has 1 heterocycles. The molecule has 2 aliphatic rings. The Morgan fingerprint density at radius 2 is 2.09 bits per heavy atom. The third-order valence-corrected chi connectivity index (χ3v) is 6.60. The van der Waals surface area contributed by atoms with Gasteiger partial charge in [-0.25, -0.2) is 4.39 Å². The number of nitrogens with zero attached hydrogens (tertiary/aromatic N) is 2. The van der Waals surface area contributed by atoms with Crippen LogP contribution in [0.5, 0.6) is 0 Å². The quantitative estimate of drug-likeness (QED) is 0.550. The normalized spacial score (nSPS) is 19.6. The molecule has 9 heteroatoms. The molecule has 0 aromatic heterocycles. The van der Waals surface area contributed by atoms with Crippen LogP contribution in [0.25, 0.3) is 0 Å². The fourth-order valence-electron chi connectivity index (χ4n) is 3.98. The van der Waals surface area contributed by atoms with Crippen molar-refractivity contribution in [3.63, 3.8) is 0 Å². The molecule has 176 valence electrons. The molecule has 2 atom stereocenters. The lowest BCUT2D eigenvalue weighted by molar-refractivity contribution is -0.119. The number of carbonyl (C=O) groups is 1. The number of nitrogens with one attached hydrogen (secondary N) is 2. The summed E-state index contributed by atoms with van der Waals surface area (Å²) in [6, 6.07) is 11.8. The van der Waals surface area contributed by atoms with Crippen LogP contribution >= 0.6 is 35.4 Å². The number of likely N-dealkylation sites (N-methyl/N-ethyl adjacent to an activating group) is 1. The summed E-state index contributed by atoms with van der Waals surface area (Å²) in [4.78, 5) is 19.7. The van der Waals surface area contributed by atoms with Crippen LogP contribution in [-0.2, 0) is 11.2 Å². The fraction of sp³-hybridized carbons (Fsp3) is 0.240. The summed E-state index contributed by atoms with van der Waals surface area (Å²) in [5, 5.41) is 7.56. The number of hydrogen-bond donors (Lipinski definition) is 2. The highest BCUT2D eigenvalue weighted by Crippen LogP contribution is 2.35. The standard InChI is InChI=1S/C25H23Cl2FN4OS/c1-32-21-10-9-16(26)14-19(21)22(18-7-2-3-8-20(18)27)30-23(24(32)33)31-25(34)29-12-11-15-5-4-6-17(28)13-15/h2-6,8-10,13-14,18,23H,7,11-12H2,1H3,(H2,29,31,34). The summed E-state index contributed by atoms with van der Waals surface area (Å²) >= 11 is 18.3. The number of fused-ring (bicyclic) bond motifs is 1. The van der Waals surface area contributed by atoms with Gasteiger partial charge in [0.2, 0.25) is 6.17 Å². The van der Waals surface area contributed by atoms with E-state index in [1.54, 1.807) is 36.2 Å². The molecule has 1 aliphatic carbocycles. The van der Waals surface area contributed by atoms with Gasteiger partial charge in [0.1, 0.15) is 5.82 Å². The van der Waals surface area contributed by atoms with Gasteiger partial charge in [0.05, 0.1) is 11.4 Å². The molecule has 2 unspecified atom stereocenters. The summed E-state index contributed by atoms with van der Waals surface area (Å²) in [5.74, 6) is -0.751. The van der Waals surface area contributed by atoms with E-state index in [9.17, 15) is 9.18 Å². The third-order valence-electron chi connectivity index (χ3n) is 5.71. The topological polar surface area (TPSA) is 56.7 Å². The number of benzene rings is 2. The Hall–Kier alpha value is -2.74. The van der Waals surface area contributed by atoms with Crippen molar-refractivity contribution in [2.24, 2.45) is 10.9 Å². The first-order chi connectivity index (χ1) is 16.3. The molecular formula is C25H23Cl2FN4OS. The lowest BCUT2D eigenvalue weighted by atomic mass is 9.89. The molecule has 1 amide bonds. The van der Waals surface area contributed by atoms with Crippen molar-refractivity contribution < 1.29 is 9.18 Å². The van der Waals surface area contributed by atoms with Gasteiger partial charge in [0.15, 0.2) is 5.11 Å². The molecule has 4 rings (SSSR count). The average Bonchev–Trinajstić information content (AvgIpc) is 2.90. The number of allylic oxidation sites excluding steroid dienone is 4. The molecule has 5 nitrogen and oxygen atoms in total. The van der Waals surface area contributed by atoms with Crippen molar-refractivity contribution in [3.8, 4) is 0 Å². The van der Waals surface area contributed by atoms with Crippen molar-refractivity contribution in [2.75, 3.05) is 18.5 Å². The maximum atomic E-state index is 13.4. The Morgan fingerprint density at radius 1 is 1.26 bits per heavy atom. The van der Waals surface area contributed by atoms with Crippen molar-refractivity contribution in [1.82, 2.24) is 10.6 Å². The first-order valence-electron chi connectivity index (χ1n) is 10.8. The van der Waals surface area contributed by atoms with E-state index in [1.165, 1.54) is 12.1 Å². The lowest BCUT2D eigenvalue weighted by Gasteiger charge is -2.22. The maximum Gasteiger partial charge on any atom is 0.272 e. The zero-order valence-corrected chi connectivity index (χ0v) is 20.7. The van der Waals surface area contributed by atoms with Crippen LogP contribution < -0.4 is 15.5 Å². The van der Waals surface area contributed by atoms with Gasteiger partial charge in [0.25, 0.3) is 5.91 Å². The summed E-state index contributed by atoms with van der Waals surface area (Å²) in [6.45, 7) is 0.473. The predicted molar refractivity (Wildman–Crippen MR) is 140 cm³/mol. The van der Waals surface area contributed by atoms with Gasteiger partial charge >= 0.3 is 0 Å². The van der Waals surface area contributed by atoms with E-state index in [4.69, 9.17) is 40.4 Å². The van der Waals surface area contributed by atoms with Gasteiger partial charge in [-0.3, -0.25) is 9.79 Å².